The second kappa shape index (κ2) is 10.8. The molecule has 2 heterocycles. The Kier molecular flexibility index (Phi) is 7.63. The summed E-state index contributed by atoms with van der Waals surface area (Å²) < 4.78 is 2.19. The number of rotatable bonds is 8. The molecule has 0 fully saturated rings. The van der Waals surface area contributed by atoms with Gasteiger partial charge in [0, 0.05) is 56.9 Å². The fourth-order valence-corrected chi connectivity index (χ4v) is 4.69. The van der Waals surface area contributed by atoms with Crippen LogP contribution in [-0.2, 0) is 19.5 Å². The first-order valence-electron chi connectivity index (χ1n) is 12.3. The highest BCUT2D eigenvalue weighted by Gasteiger charge is 2.23. The number of anilines is 1. The van der Waals surface area contributed by atoms with E-state index in [1.54, 1.807) is 0 Å². The summed E-state index contributed by atoms with van der Waals surface area (Å²) in [5.74, 6) is 1.74. The molecule has 1 N–H and O–H groups in total. The van der Waals surface area contributed by atoms with Gasteiger partial charge >= 0.3 is 0 Å². The van der Waals surface area contributed by atoms with Crippen LogP contribution in [0.5, 0.6) is 0 Å². The van der Waals surface area contributed by atoms with Crippen LogP contribution in [0.4, 0.5) is 5.69 Å². The maximum atomic E-state index is 12.8. The van der Waals surface area contributed by atoms with Crippen molar-refractivity contribution in [3.63, 3.8) is 0 Å². The average molecular weight is 461 g/mol. The smallest absolute Gasteiger partial charge is 0.252 e. The Hall–Kier alpha value is -3.19. The molecule has 0 saturated carbocycles. The molecule has 0 spiro atoms. The molecule has 0 unspecified atom stereocenters. The molecule has 180 valence electrons. The van der Waals surface area contributed by atoms with Crippen molar-refractivity contribution in [2.75, 3.05) is 31.1 Å². The molecule has 3 aromatic rings. The van der Waals surface area contributed by atoms with Crippen molar-refractivity contribution in [1.29, 1.82) is 0 Å². The molecule has 1 aromatic heterocycles. The predicted molar refractivity (Wildman–Crippen MR) is 136 cm³/mol. The summed E-state index contributed by atoms with van der Waals surface area (Å²) in [7, 11) is 0. The molecule has 7 nitrogen and oxygen atoms in total. The Morgan fingerprint density at radius 3 is 2.47 bits per heavy atom. The topological polar surface area (TPSA) is 66.3 Å². The Morgan fingerprint density at radius 2 is 1.76 bits per heavy atom. The molecule has 34 heavy (non-hydrogen) atoms. The van der Waals surface area contributed by atoms with E-state index in [0.29, 0.717) is 5.56 Å². The van der Waals surface area contributed by atoms with Gasteiger partial charge < -0.3 is 14.8 Å². The maximum Gasteiger partial charge on any atom is 0.252 e. The fraction of sp³-hybridized carbons (Fsp3) is 0.444. The molecular weight excluding hydrogens is 424 g/mol. The number of nitrogens with zero attached hydrogens (tertiary/aromatic N) is 5. The van der Waals surface area contributed by atoms with Crippen LogP contribution >= 0.6 is 0 Å². The molecule has 0 saturated heterocycles. The Labute approximate surface area is 202 Å². The van der Waals surface area contributed by atoms with Gasteiger partial charge in [0.05, 0.1) is 6.04 Å². The third kappa shape index (κ3) is 5.30. The molecule has 0 bridgehead atoms. The van der Waals surface area contributed by atoms with Crippen molar-refractivity contribution >= 4 is 11.6 Å². The molecule has 7 heteroatoms. The number of fused-ring (bicyclic) bond motifs is 1. The van der Waals surface area contributed by atoms with E-state index in [4.69, 9.17) is 0 Å². The first-order valence-corrected chi connectivity index (χ1v) is 12.3. The number of benzene rings is 2. The summed E-state index contributed by atoms with van der Waals surface area (Å²) in [6.07, 6.45) is 0.850. The summed E-state index contributed by atoms with van der Waals surface area (Å²) in [4.78, 5) is 17.6. The van der Waals surface area contributed by atoms with Crippen LogP contribution in [0.3, 0.4) is 0 Å². The largest absolute Gasteiger partial charge is 0.372 e. The van der Waals surface area contributed by atoms with E-state index >= 15 is 0 Å². The number of hydrogen-bond acceptors (Lipinski definition) is 5. The lowest BCUT2D eigenvalue weighted by Crippen LogP contribution is -2.30. The highest BCUT2D eigenvalue weighted by atomic mass is 16.1. The van der Waals surface area contributed by atoms with Crippen LogP contribution in [0, 0.1) is 6.92 Å². The quantitative estimate of drug-likeness (QED) is 0.551. The molecule has 0 aliphatic carbocycles. The minimum atomic E-state index is -0.215. The van der Waals surface area contributed by atoms with Crippen LogP contribution < -0.4 is 10.2 Å². The third-order valence-corrected chi connectivity index (χ3v) is 6.74. The number of aryl methyl sites for hydroxylation is 1. The first-order chi connectivity index (χ1) is 16.5. The molecular formula is C27H36N6O. The molecule has 1 aliphatic rings. The van der Waals surface area contributed by atoms with Gasteiger partial charge in [-0.1, -0.05) is 30.3 Å². The van der Waals surface area contributed by atoms with E-state index in [-0.39, 0.29) is 11.9 Å². The zero-order chi connectivity index (χ0) is 24.1. The van der Waals surface area contributed by atoms with Gasteiger partial charge in [-0.2, -0.15) is 0 Å². The lowest BCUT2D eigenvalue weighted by molar-refractivity contribution is 0.0937. The number of carbonyl (C=O) groups excluding carboxylic acids is 1. The number of carbonyl (C=O) groups is 1. The molecule has 4 rings (SSSR count). The minimum absolute atomic E-state index is 0.0774. The summed E-state index contributed by atoms with van der Waals surface area (Å²) in [6, 6.07) is 16.4. The van der Waals surface area contributed by atoms with E-state index in [9.17, 15) is 4.79 Å². The average Bonchev–Trinajstić information content (AvgIpc) is 3.15. The number of hydrogen-bond donors (Lipinski definition) is 1. The Morgan fingerprint density at radius 1 is 1.03 bits per heavy atom. The van der Waals surface area contributed by atoms with Crippen LogP contribution in [0.15, 0.2) is 48.5 Å². The zero-order valence-corrected chi connectivity index (χ0v) is 20.8. The van der Waals surface area contributed by atoms with Gasteiger partial charge in [0.1, 0.15) is 5.82 Å². The van der Waals surface area contributed by atoms with Crippen LogP contribution in [0.2, 0.25) is 0 Å². The highest BCUT2D eigenvalue weighted by Crippen LogP contribution is 2.19. The normalized spacial score (nSPS) is 14.8. The highest BCUT2D eigenvalue weighted by molar-refractivity contribution is 5.95. The standard InChI is InChI=1S/C27H36N6O/c1-5-32(6-2)23-13-11-22(12-14-23)19-31-16-15-25-29-30-26(33(25)18-17-31)21(4)28-27(34)24-10-8-7-9-20(24)3/h7-14,21H,5-6,15-19H2,1-4H3,(H,28,34)/t21-/m0/s1. The predicted octanol–water partition coefficient (Wildman–Crippen LogP) is 3.98. The van der Waals surface area contributed by atoms with Crippen molar-refractivity contribution < 1.29 is 4.79 Å². The molecule has 2 aromatic carbocycles. The monoisotopic (exact) mass is 460 g/mol. The SMILES string of the molecule is CCN(CC)c1ccc(CN2CCc3nnc([C@H](C)NC(=O)c4ccccc4C)n3CC2)cc1. The maximum absolute atomic E-state index is 12.8. The van der Waals surface area contributed by atoms with Gasteiger partial charge in [-0.25, -0.2) is 0 Å². The van der Waals surface area contributed by atoms with Crippen molar-refractivity contribution in [3.05, 3.63) is 76.9 Å². The zero-order valence-electron chi connectivity index (χ0n) is 20.8. The van der Waals surface area contributed by atoms with E-state index in [1.165, 1.54) is 11.3 Å². The van der Waals surface area contributed by atoms with Crippen LogP contribution in [0.25, 0.3) is 0 Å². The minimum Gasteiger partial charge on any atom is -0.372 e. The number of nitrogens with one attached hydrogen (secondary N) is 1. The van der Waals surface area contributed by atoms with Crippen molar-refractivity contribution in [2.24, 2.45) is 0 Å². The summed E-state index contributed by atoms with van der Waals surface area (Å²) >= 11 is 0. The Balaban J connectivity index is 1.38. The fourth-order valence-electron chi connectivity index (χ4n) is 4.69. The lowest BCUT2D eigenvalue weighted by atomic mass is 10.1. The summed E-state index contributed by atoms with van der Waals surface area (Å²) in [6.45, 7) is 14.0. The third-order valence-electron chi connectivity index (χ3n) is 6.74. The second-order valence-corrected chi connectivity index (χ2v) is 9.00. The molecule has 1 atom stereocenters. The van der Waals surface area contributed by atoms with E-state index in [0.717, 1.165) is 62.9 Å². The summed E-state index contributed by atoms with van der Waals surface area (Å²) in [5, 5.41) is 12.0. The van der Waals surface area contributed by atoms with Gasteiger partial charge in [-0.15, -0.1) is 10.2 Å². The molecule has 1 amide bonds. The van der Waals surface area contributed by atoms with Gasteiger partial charge in [-0.3, -0.25) is 9.69 Å². The van der Waals surface area contributed by atoms with E-state index in [1.807, 2.05) is 38.1 Å². The van der Waals surface area contributed by atoms with Gasteiger partial charge in [0.2, 0.25) is 0 Å². The Bertz CT molecular complexity index is 1100. The van der Waals surface area contributed by atoms with Crippen LogP contribution in [0.1, 0.15) is 59.9 Å². The van der Waals surface area contributed by atoms with E-state index in [2.05, 4.69) is 68.0 Å². The summed E-state index contributed by atoms with van der Waals surface area (Å²) in [5.41, 5.74) is 4.27. The van der Waals surface area contributed by atoms with Crippen molar-refractivity contribution in [2.45, 2.75) is 53.2 Å². The van der Waals surface area contributed by atoms with E-state index < -0.39 is 0 Å². The van der Waals surface area contributed by atoms with Crippen LogP contribution in [-0.4, -0.2) is 51.8 Å². The number of amides is 1. The van der Waals surface area contributed by atoms with Crippen molar-refractivity contribution in [1.82, 2.24) is 25.0 Å². The van der Waals surface area contributed by atoms with Crippen molar-refractivity contribution in [3.8, 4) is 0 Å². The number of aromatic nitrogens is 3. The second-order valence-electron chi connectivity index (χ2n) is 9.00. The van der Waals surface area contributed by atoms with Gasteiger partial charge in [0.15, 0.2) is 5.82 Å². The molecule has 1 aliphatic heterocycles. The van der Waals surface area contributed by atoms with Gasteiger partial charge in [-0.05, 0) is 57.0 Å². The lowest BCUT2D eigenvalue weighted by Gasteiger charge is -2.23. The first kappa shape index (κ1) is 24.0. The van der Waals surface area contributed by atoms with Gasteiger partial charge in [0.25, 0.3) is 5.91 Å². The molecule has 0 radical (unpaired) electrons.